The highest BCUT2D eigenvalue weighted by atomic mass is 79.9. The molecule has 1 aliphatic rings. The average Bonchev–Trinajstić information content (AvgIpc) is 2.41. The quantitative estimate of drug-likeness (QED) is 0.876. The summed E-state index contributed by atoms with van der Waals surface area (Å²) in [6, 6.07) is 7.71. The van der Waals surface area contributed by atoms with Gasteiger partial charge in [-0.05, 0) is 46.8 Å². The van der Waals surface area contributed by atoms with E-state index in [9.17, 15) is 4.79 Å². The molecule has 3 nitrogen and oxygen atoms in total. The summed E-state index contributed by atoms with van der Waals surface area (Å²) in [5.74, 6) is 0.656. The van der Waals surface area contributed by atoms with E-state index in [1.54, 1.807) is 0 Å². The number of rotatable bonds is 2. The number of halogens is 1. The molecule has 1 atom stereocenters. The van der Waals surface area contributed by atoms with Crippen LogP contribution in [0, 0.1) is 5.92 Å². The molecule has 18 heavy (non-hydrogen) atoms. The molecule has 1 heterocycles. The molecule has 0 bridgehead atoms. The molecule has 2 rings (SSSR count). The number of urea groups is 1. The number of carbonyl (C=O) groups excluding carboxylic acids is 1. The largest absolute Gasteiger partial charge is 0.324 e. The lowest BCUT2D eigenvalue weighted by atomic mass is 9.96. The molecule has 1 aromatic rings. The van der Waals surface area contributed by atoms with Gasteiger partial charge in [-0.2, -0.15) is 0 Å². The average molecular weight is 311 g/mol. The summed E-state index contributed by atoms with van der Waals surface area (Å²) in [6.07, 6.45) is 3.51. The molecule has 0 radical (unpaired) electrons. The highest BCUT2D eigenvalue weighted by Gasteiger charge is 2.22. The third kappa shape index (κ3) is 3.25. The monoisotopic (exact) mass is 310 g/mol. The number of likely N-dealkylation sites (tertiary alicyclic amines) is 1. The zero-order chi connectivity index (χ0) is 13.0. The third-order valence-electron chi connectivity index (χ3n) is 3.50. The van der Waals surface area contributed by atoms with E-state index in [1.165, 1.54) is 6.42 Å². The minimum absolute atomic E-state index is 0.0139. The number of carbonyl (C=O) groups is 1. The second kappa shape index (κ2) is 6.23. The van der Waals surface area contributed by atoms with E-state index in [4.69, 9.17) is 0 Å². The number of piperidine rings is 1. The van der Waals surface area contributed by atoms with Crippen molar-refractivity contribution in [2.45, 2.75) is 26.2 Å². The Balaban J connectivity index is 1.97. The Kier molecular flexibility index (Phi) is 4.64. The van der Waals surface area contributed by atoms with Crippen LogP contribution in [0.3, 0.4) is 0 Å². The Bertz CT molecular complexity index is 422. The first-order valence-electron chi connectivity index (χ1n) is 6.51. The van der Waals surface area contributed by atoms with E-state index in [0.717, 1.165) is 36.1 Å². The number of amides is 2. The first kappa shape index (κ1) is 13.4. The zero-order valence-electron chi connectivity index (χ0n) is 10.7. The van der Waals surface area contributed by atoms with Gasteiger partial charge in [0.15, 0.2) is 0 Å². The van der Waals surface area contributed by atoms with Gasteiger partial charge in [-0.1, -0.05) is 25.5 Å². The van der Waals surface area contributed by atoms with E-state index < -0.39 is 0 Å². The van der Waals surface area contributed by atoms with Crippen molar-refractivity contribution in [3.8, 4) is 0 Å². The molecular weight excluding hydrogens is 292 g/mol. The van der Waals surface area contributed by atoms with E-state index in [1.807, 2.05) is 29.2 Å². The van der Waals surface area contributed by atoms with Crippen LogP contribution in [0.5, 0.6) is 0 Å². The van der Waals surface area contributed by atoms with Gasteiger partial charge in [0, 0.05) is 17.6 Å². The molecule has 1 fully saturated rings. The lowest BCUT2D eigenvalue weighted by Gasteiger charge is -2.32. The van der Waals surface area contributed by atoms with Crippen LogP contribution in [-0.2, 0) is 0 Å². The van der Waals surface area contributed by atoms with Gasteiger partial charge in [0.1, 0.15) is 0 Å². The standard InChI is InChI=1S/C14H19BrN2O/c1-2-11-6-5-9-17(10-11)14(18)16-13-8-4-3-7-12(13)15/h3-4,7-8,11H,2,5-6,9-10H2,1H3,(H,16,18)/t11-/m0/s1. The molecule has 0 aromatic heterocycles. The van der Waals surface area contributed by atoms with Crippen molar-refractivity contribution in [1.29, 1.82) is 0 Å². The van der Waals surface area contributed by atoms with Crippen LogP contribution in [0.1, 0.15) is 26.2 Å². The summed E-state index contributed by atoms with van der Waals surface area (Å²) < 4.78 is 0.919. The fourth-order valence-electron chi connectivity index (χ4n) is 2.34. The SMILES string of the molecule is CC[C@H]1CCCN(C(=O)Nc2ccccc2Br)C1. The lowest BCUT2D eigenvalue weighted by Crippen LogP contribution is -2.42. The van der Waals surface area contributed by atoms with E-state index >= 15 is 0 Å². The fraction of sp³-hybridized carbons (Fsp3) is 0.500. The molecule has 98 valence electrons. The Hall–Kier alpha value is -1.03. The van der Waals surface area contributed by atoms with Gasteiger partial charge in [0.25, 0.3) is 0 Å². The van der Waals surface area contributed by atoms with Crippen molar-refractivity contribution in [3.05, 3.63) is 28.7 Å². The molecule has 0 aliphatic carbocycles. The summed E-state index contributed by atoms with van der Waals surface area (Å²) in [5.41, 5.74) is 0.834. The molecule has 0 spiro atoms. The maximum absolute atomic E-state index is 12.2. The fourth-order valence-corrected chi connectivity index (χ4v) is 2.72. The first-order valence-corrected chi connectivity index (χ1v) is 7.30. The molecule has 1 saturated heterocycles. The zero-order valence-corrected chi connectivity index (χ0v) is 12.2. The second-order valence-electron chi connectivity index (χ2n) is 4.77. The van der Waals surface area contributed by atoms with Crippen molar-refractivity contribution < 1.29 is 4.79 Å². The van der Waals surface area contributed by atoms with E-state index in [-0.39, 0.29) is 6.03 Å². The van der Waals surface area contributed by atoms with Crippen molar-refractivity contribution in [2.24, 2.45) is 5.92 Å². The topological polar surface area (TPSA) is 32.3 Å². The number of anilines is 1. The predicted molar refractivity (Wildman–Crippen MR) is 77.7 cm³/mol. The number of hydrogen-bond donors (Lipinski definition) is 1. The van der Waals surface area contributed by atoms with Gasteiger partial charge in [-0.3, -0.25) is 0 Å². The van der Waals surface area contributed by atoms with Crippen molar-refractivity contribution in [3.63, 3.8) is 0 Å². The predicted octanol–water partition coefficient (Wildman–Crippen LogP) is 4.10. The van der Waals surface area contributed by atoms with E-state index in [0.29, 0.717) is 5.92 Å². The second-order valence-corrected chi connectivity index (χ2v) is 5.63. The summed E-state index contributed by atoms with van der Waals surface area (Å²) in [6.45, 7) is 3.94. The Morgan fingerprint density at radius 3 is 3.00 bits per heavy atom. The van der Waals surface area contributed by atoms with Gasteiger partial charge in [0.2, 0.25) is 0 Å². The summed E-state index contributed by atoms with van der Waals surface area (Å²) >= 11 is 3.44. The number of nitrogens with zero attached hydrogens (tertiary/aromatic N) is 1. The normalized spacial score (nSPS) is 19.7. The van der Waals surface area contributed by atoms with Crippen molar-refractivity contribution in [1.82, 2.24) is 4.90 Å². The Morgan fingerprint density at radius 2 is 2.28 bits per heavy atom. The van der Waals surface area contributed by atoms with Crippen LogP contribution in [0.25, 0.3) is 0 Å². The third-order valence-corrected chi connectivity index (χ3v) is 4.19. The molecule has 1 aliphatic heterocycles. The highest BCUT2D eigenvalue weighted by Crippen LogP contribution is 2.23. The Labute approximate surface area is 117 Å². The number of para-hydroxylation sites is 1. The van der Waals surface area contributed by atoms with Crippen LogP contribution >= 0.6 is 15.9 Å². The molecule has 1 aromatic carbocycles. The first-order chi connectivity index (χ1) is 8.70. The van der Waals surface area contributed by atoms with E-state index in [2.05, 4.69) is 28.2 Å². The summed E-state index contributed by atoms with van der Waals surface area (Å²) in [5, 5.41) is 2.96. The highest BCUT2D eigenvalue weighted by molar-refractivity contribution is 9.10. The van der Waals surface area contributed by atoms with Gasteiger partial charge in [0.05, 0.1) is 5.69 Å². The molecule has 0 saturated carbocycles. The lowest BCUT2D eigenvalue weighted by molar-refractivity contribution is 0.176. The van der Waals surface area contributed by atoms with Crippen molar-refractivity contribution in [2.75, 3.05) is 18.4 Å². The molecule has 0 unspecified atom stereocenters. The minimum Gasteiger partial charge on any atom is -0.324 e. The van der Waals surface area contributed by atoms with Crippen molar-refractivity contribution >= 4 is 27.6 Å². The molecular formula is C14H19BrN2O. The van der Waals surface area contributed by atoms with Gasteiger partial charge in [-0.25, -0.2) is 4.79 Å². The minimum atomic E-state index is 0.0139. The maximum atomic E-state index is 12.2. The summed E-state index contributed by atoms with van der Waals surface area (Å²) in [7, 11) is 0. The molecule has 4 heteroatoms. The van der Waals surface area contributed by atoms with Gasteiger partial charge >= 0.3 is 6.03 Å². The van der Waals surface area contributed by atoms with Crippen LogP contribution in [-0.4, -0.2) is 24.0 Å². The van der Waals surface area contributed by atoms with Gasteiger partial charge in [-0.15, -0.1) is 0 Å². The smallest absolute Gasteiger partial charge is 0.321 e. The van der Waals surface area contributed by atoms with Gasteiger partial charge < -0.3 is 10.2 Å². The summed E-state index contributed by atoms with van der Waals surface area (Å²) in [4.78, 5) is 14.1. The van der Waals surface area contributed by atoms with Crippen LogP contribution < -0.4 is 5.32 Å². The molecule has 2 amide bonds. The van der Waals surface area contributed by atoms with Crippen LogP contribution in [0.15, 0.2) is 28.7 Å². The van der Waals surface area contributed by atoms with Crippen LogP contribution in [0.4, 0.5) is 10.5 Å². The Morgan fingerprint density at radius 1 is 1.50 bits per heavy atom. The van der Waals surface area contributed by atoms with Crippen LogP contribution in [0.2, 0.25) is 0 Å². The number of nitrogens with one attached hydrogen (secondary N) is 1. The molecule has 1 N–H and O–H groups in total. The number of benzene rings is 1. The number of hydrogen-bond acceptors (Lipinski definition) is 1. The maximum Gasteiger partial charge on any atom is 0.321 e.